The van der Waals surface area contributed by atoms with Crippen LogP contribution in [0.3, 0.4) is 0 Å². The molecule has 0 bridgehead atoms. The molecule has 1 saturated heterocycles. The highest BCUT2D eigenvalue weighted by atomic mass is 32.2. The molecule has 0 aromatic heterocycles. The van der Waals surface area contributed by atoms with Gasteiger partial charge in [0.2, 0.25) is 0 Å². The summed E-state index contributed by atoms with van der Waals surface area (Å²) in [5, 5.41) is -0.305. The Morgan fingerprint density at radius 1 is 1.00 bits per heavy atom. The average molecular weight is 369 g/mol. The first-order valence-electron chi connectivity index (χ1n) is 8.02. The van der Waals surface area contributed by atoms with Crippen molar-refractivity contribution in [3.63, 3.8) is 0 Å². The van der Waals surface area contributed by atoms with Crippen LogP contribution >= 0.6 is 11.8 Å². The molecule has 1 aliphatic heterocycles. The lowest BCUT2D eigenvalue weighted by molar-refractivity contribution is -0.113. The minimum Gasteiger partial charge on any atom is -0.497 e. The van der Waals surface area contributed by atoms with Gasteiger partial charge in [0, 0.05) is 11.6 Å². The van der Waals surface area contributed by atoms with E-state index in [0.29, 0.717) is 27.7 Å². The van der Waals surface area contributed by atoms with Crippen LogP contribution in [0.4, 0.5) is 10.5 Å². The molecular weight excluding hydrogens is 350 g/mol. The van der Waals surface area contributed by atoms with E-state index in [0.717, 1.165) is 22.9 Å². The molecule has 0 radical (unpaired) electrons. The van der Waals surface area contributed by atoms with Gasteiger partial charge in [-0.1, -0.05) is 17.7 Å². The second kappa shape index (κ2) is 7.25. The quantitative estimate of drug-likeness (QED) is 0.740. The van der Waals surface area contributed by atoms with Crippen molar-refractivity contribution in [2.24, 2.45) is 0 Å². The third kappa shape index (κ3) is 3.32. The number of benzene rings is 2. The van der Waals surface area contributed by atoms with Crippen LogP contribution in [-0.4, -0.2) is 25.4 Å². The van der Waals surface area contributed by atoms with Crippen LogP contribution in [0.15, 0.2) is 41.3 Å². The summed E-state index contributed by atoms with van der Waals surface area (Å²) in [7, 11) is 3.12. The molecule has 134 valence electrons. The van der Waals surface area contributed by atoms with Crippen molar-refractivity contribution < 1.29 is 19.1 Å². The molecular formula is C20H19NO4S. The number of rotatable bonds is 4. The van der Waals surface area contributed by atoms with E-state index in [1.54, 1.807) is 44.6 Å². The van der Waals surface area contributed by atoms with Crippen molar-refractivity contribution in [1.82, 2.24) is 0 Å². The van der Waals surface area contributed by atoms with Crippen LogP contribution in [0, 0.1) is 13.8 Å². The summed E-state index contributed by atoms with van der Waals surface area (Å²) in [6.07, 6.45) is 1.67. The lowest BCUT2D eigenvalue weighted by Gasteiger charge is -2.15. The molecule has 1 heterocycles. The van der Waals surface area contributed by atoms with E-state index >= 15 is 0 Å². The topological polar surface area (TPSA) is 55.8 Å². The molecule has 5 nitrogen and oxygen atoms in total. The number of imide groups is 1. The van der Waals surface area contributed by atoms with Gasteiger partial charge in [0.1, 0.15) is 11.5 Å². The highest BCUT2D eigenvalue weighted by Crippen LogP contribution is 2.38. The fraction of sp³-hybridized carbons (Fsp3) is 0.200. The summed E-state index contributed by atoms with van der Waals surface area (Å²) in [6, 6.07) is 11.0. The van der Waals surface area contributed by atoms with Crippen molar-refractivity contribution in [3.8, 4) is 11.5 Å². The maximum Gasteiger partial charge on any atom is 0.298 e. The molecule has 2 amide bonds. The third-order valence-corrected chi connectivity index (χ3v) is 4.98. The molecule has 0 spiro atoms. The zero-order chi connectivity index (χ0) is 18.8. The molecule has 0 saturated carbocycles. The zero-order valence-corrected chi connectivity index (χ0v) is 15.8. The van der Waals surface area contributed by atoms with Crippen LogP contribution in [0.1, 0.15) is 16.7 Å². The van der Waals surface area contributed by atoms with Crippen LogP contribution < -0.4 is 14.4 Å². The number of aryl methyl sites for hydroxylation is 2. The van der Waals surface area contributed by atoms with Crippen LogP contribution in [0.5, 0.6) is 11.5 Å². The minimum absolute atomic E-state index is 0.305. The van der Waals surface area contributed by atoms with Gasteiger partial charge < -0.3 is 9.47 Å². The molecule has 26 heavy (non-hydrogen) atoms. The third-order valence-electron chi connectivity index (χ3n) is 4.11. The molecule has 2 aromatic carbocycles. The van der Waals surface area contributed by atoms with Crippen LogP contribution in [0.2, 0.25) is 0 Å². The Kier molecular flexibility index (Phi) is 5.04. The number of nitrogens with zero attached hydrogens (tertiary/aromatic N) is 1. The van der Waals surface area contributed by atoms with Gasteiger partial charge in [-0.15, -0.1) is 0 Å². The van der Waals surface area contributed by atoms with Gasteiger partial charge in [-0.3, -0.25) is 9.59 Å². The summed E-state index contributed by atoms with van der Waals surface area (Å²) in [4.78, 5) is 26.9. The lowest BCUT2D eigenvalue weighted by Crippen LogP contribution is -2.28. The normalized spacial score (nSPS) is 15.7. The molecule has 3 rings (SSSR count). The molecule has 1 aliphatic rings. The molecule has 2 aromatic rings. The lowest BCUT2D eigenvalue weighted by atomic mass is 10.1. The van der Waals surface area contributed by atoms with Crippen LogP contribution in [-0.2, 0) is 4.79 Å². The zero-order valence-electron chi connectivity index (χ0n) is 15.0. The maximum atomic E-state index is 12.8. The van der Waals surface area contributed by atoms with Gasteiger partial charge in [0.05, 0.1) is 24.8 Å². The number of anilines is 1. The molecule has 0 atom stereocenters. The Morgan fingerprint density at radius 2 is 1.77 bits per heavy atom. The molecule has 0 N–H and O–H groups in total. The van der Waals surface area contributed by atoms with Gasteiger partial charge >= 0.3 is 0 Å². The summed E-state index contributed by atoms with van der Waals surface area (Å²) in [5.41, 5.74) is 3.29. The number of hydrogen-bond acceptors (Lipinski definition) is 5. The van der Waals surface area contributed by atoms with Crippen molar-refractivity contribution in [2.45, 2.75) is 13.8 Å². The molecule has 6 heteroatoms. The maximum absolute atomic E-state index is 12.8. The van der Waals surface area contributed by atoms with E-state index in [4.69, 9.17) is 9.47 Å². The first-order chi connectivity index (χ1) is 12.4. The highest BCUT2D eigenvalue weighted by Gasteiger charge is 2.37. The fourth-order valence-electron chi connectivity index (χ4n) is 2.81. The second-order valence-electron chi connectivity index (χ2n) is 5.91. The second-order valence-corrected chi connectivity index (χ2v) is 6.91. The predicted molar refractivity (Wildman–Crippen MR) is 104 cm³/mol. The highest BCUT2D eigenvalue weighted by molar-refractivity contribution is 8.19. The van der Waals surface area contributed by atoms with Crippen molar-refractivity contribution in [3.05, 3.63) is 58.0 Å². The fourth-order valence-corrected chi connectivity index (χ4v) is 3.64. The van der Waals surface area contributed by atoms with Gasteiger partial charge in [-0.2, -0.15) is 0 Å². The minimum atomic E-state index is -0.329. The van der Waals surface area contributed by atoms with E-state index in [1.807, 2.05) is 26.0 Å². The smallest absolute Gasteiger partial charge is 0.298 e. The van der Waals surface area contributed by atoms with E-state index < -0.39 is 0 Å². The predicted octanol–water partition coefficient (Wildman–Crippen LogP) is 4.56. The molecule has 0 aliphatic carbocycles. The standard InChI is InChI=1S/C20H19NO4S/c1-12-5-8-16(13(2)9-12)21-19(22)18(26-20(21)23)10-14-6-7-15(24-3)11-17(14)25-4/h5-11H,1-4H3/b18-10-. The number of ether oxygens (including phenoxy) is 2. The number of thioether (sulfide) groups is 1. The molecule has 0 unspecified atom stereocenters. The van der Waals surface area contributed by atoms with Crippen molar-refractivity contribution in [1.29, 1.82) is 0 Å². The Morgan fingerprint density at radius 3 is 2.42 bits per heavy atom. The number of carbonyl (C=O) groups excluding carboxylic acids is 2. The Labute approximate surface area is 156 Å². The Bertz CT molecular complexity index is 920. The summed E-state index contributed by atoms with van der Waals surface area (Å²) in [6.45, 7) is 3.86. The first kappa shape index (κ1) is 18.1. The number of carbonyl (C=O) groups is 2. The van der Waals surface area contributed by atoms with E-state index in [2.05, 4.69) is 0 Å². The van der Waals surface area contributed by atoms with Crippen molar-refractivity contribution in [2.75, 3.05) is 19.1 Å². The van der Waals surface area contributed by atoms with E-state index in [1.165, 1.54) is 4.90 Å². The number of methoxy groups -OCH3 is 2. The molecule has 1 fully saturated rings. The monoisotopic (exact) mass is 369 g/mol. The van der Waals surface area contributed by atoms with Crippen LogP contribution in [0.25, 0.3) is 6.08 Å². The number of hydrogen-bond donors (Lipinski definition) is 0. The first-order valence-corrected chi connectivity index (χ1v) is 8.83. The van der Waals surface area contributed by atoms with Gasteiger partial charge in [-0.05, 0) is 55.4 Å². The van der Waals surface area contributed by atoms with E-state index in [-0.39, 0.29) is 11.1 Å². The van der Waals surface area contributed by atoms with Gasteiger partial charge in [0.15, 0.2) is 0 Å². The van der Waals surface area contributed by atoms with Crippen molar-refractivity contribution >= 4 is 34.7 Å². The average Bonchev–Trinajstić information content (AvgIpc) is 2.89. The summed E-state index contributed by atoms with van der Waals surface area (Å²) < 4.78 is 10.5. The summed E-state index contributed by atoms with van der Waals surface area (Å²) in [5.74, 6) is 0.898. The largest absolute Gasteiger partial charge is 0.497 e. The van der Waals surface area contributed by atoms with Gasteiger partial charge in [-0.25, -0.2) is 4.90 Å². The van der Waals surface area contributed by atoms with Gasteiger partial charge in [0.25, 0.3) is 11.1 Å². The number of amides is 2. The Balaban J connectivity index is 1.97. The SMILES string of the molecule is COc1ccc(/C=C2\SC(=O)N(c3ccc(C)cc3C)C2=O)c(OC)c1. The Hall–Kier alpha value is -2.73. The summed E-state index contributed by atoms with van der Waals surface area (Å²) >= 11 is 0.925. The van der Waals surface area contributed by atoms with E-state index in [9.17, 15) is 9.59 Å².